The fraction of sp³-hybridized carbons (Fsp3) is 0.375. The molecule has 0 aliphatic carbocycles. The summed E-state index contributed by atoms with van der Waals surface area (Å²) in [7, 11) is 1.63. The van der Waals surface area contributed by atoms with Gasteiger partial charge in [0.25, 0.3) is 5.91 Å². The second kappa shape index (κ2) is 6.43. The van der Waals surface area contributed by atoms with Crippen molar-refractivity contribution in [2.75, 3.05) is 7.11 Å². The SMILES string of the molecule is CCC(C)NC(=O)c1cc(C)n(-c2ccc(OC)cc2)n1. The van der Waals surface area contributed by atoms with Crippen LogP contribution in [0.4, 0.5) is 0 Å². The fourth-order valence-corrected chi connectivity index (χ4v) is 1.97. The monoisotopic (exact) mass is 287 g/mol. The van der Waals surface area contributed by atoms with E-state index in [2.05, 4.69) is 10.4 Å². The van der Waals surface area contributed by atoms with Crippen molar-refractivity contribution in [1.29, 1.82) is 0 Å². The van der Waals surface area contributed by atoms with Gasteiger partial charge in [0, 0.05) is 11.7 Å². The summed E-state index contributed by atoms with van der Waals surface area (Å²) in [6.45, 7) is 5.94. The van der Waals surface area contributed by atoms with Gasteiger partial charge in [0.05, 0.1) is 12.8 Å². The van der Waals surface area contributed by atoms with Crippen molar-refractivity contribution in [1.82, 2.24) is 15.1 Å². The van der Waals surface area contributed by atoms with Crippen LogP contribution in [-0.4, -0.2) is 28.8 Å². The molecule has 112 valence electrons. The van der Waals surface area contributed by atoms with Gasteiger partial charge in [-0.2, -0.15) is 5.10 Å². The Morgan fingerprint density at radius 3 is 2.62 bits per heavy atom. The summed E-state index contributed by atoms with van der Waals surface area (Å²) in [6, 6.07) is 9.50. The molecule has 0 fully saturated rings. The van der Waals surface area contributed by atoms with Crippen LogP contribution in [0.15, 0.2) is 30.3 Å². The number of carbonyl (C=O) groups excluding carboxylic acids is 1. The molecule has 1 aromatic heterocycles. The van der Waals surface area contributed by atoms with E-state index in [1.54, 1.807) is 17.9 Å². The Balaban J connectivity index is 2.24. The first-order valence-electron chi connectivity index (χ1n) is 7.07. The molecule has 1 atom stereocenters. The first-order chi connectivity index (χ1) is 10.0. The van der Waals surface area contributed by atoms with Crippen molar-refractivity contribution in [3.63, 3.8) is 0 Å². The zero-order chi connectivity index (χ0) is 15.4. The third kappa shape index (κ3) is 3.42. The van der Waals surface area contributed by atoms with Crippen molar-refractivity contribution in [2.45, 2.75) is 33.2 Å². The zero-order valence-corrected chi connectivity index (χ0v) is 12.9. The van der Waals surface area contributed by atoms with Crippen LogP contribution in [0.2, 0.25) is 0 Å². The molecule has 1 unspecified atom stereocenters. The highest BCUT2D eigenvalue weighted by Gasteiger charge is 2.14. The van der Waals surface area contributed by atoms with Gasteiger partial charge in [0.1, 0.15) is 5.75 Å². The van der Waals surface area contributed by atoms with E-state index in [0.717, 1.165) is 23.6 Å². The van der Waals surface area contributed by atoms with E-state index in [-0.39, 0.29) is 11.9 Å². The second-order valence-electron chi connectivity index (χ2n) is 5.06. The predicted molar refractivity (Wildman–Crippen MR) is 82.1 cm³/mol. The van der Waals surface area contributed by atoms with Crippen LogP contribution in [0.3, 0.4) is 0 Å². The lowest BCUT2D eigenvalue weighted by atomic mass is 10.2. The fourth-order valence-electron chi connectivity index (χ4n) is 1.97. The van der Waals surface area contributed by atoms with E-state index in [9.17, 15) is 4.79 Å². The van der Waals surface area contributed by atoms with Crippen LogP contribution in [0.5, 0.6) is 5.75 Å². The normalized spacial score (nSPS) is 12.0. The molecule has 0 saturated heterocycles. The molecular weight excluding hydrogens is 266 g/mol. The third-order valence-corrected chi connectivity index (χ3v) is 3.43. The van der Waals surface area contributed by atoms with Gasteiger partial charge in [-0.25, -0.2) is 4.68 Å². The Labute approximate surface area is 124 Å². The number of carbonyl (C=O) groups is 1. The molecule has 5 nitrogen and oxygen atoms in total. The van der Waals surface area contributed by atoms with Gasteiger partial charge in [-0.15, -0.1) is 0 Å². The van der Waals surface area contributed by atoms with Crippen molar-refractivity contribution in [3.05, 3.63) is 41.7 Å². The molecule has 0 radical (unpaired) electrons. The molecule has 1 N–H and O–H groups in total. The molecule has 0 spiro atoms. The van der Waals surface area contributed by atoms with Crippen molar-refractivity contribution < 1.29 is 9.53 Å². The minimum Gasteiger partial charge on any atom is -0.497 e. The lowest BCUT2D eigenvalue weighted by Gasteiger charge is -2.09. The summed E-state index contributed by atoms with van der Waals surface area (Å²) in [6.07, 6.45) is 0.893. The molecule has 2 aromatic rings. The molecule has 1 heterocycles. The molecule has 0 bridgehead atoms. The van der Waals surface area contributed by atoms with Crippen LogP contribution in [0.25, 0.3) is 5.69 Å². The maximum atomic E-state index is 12.1. The number of amides is 1. The predicted octanol–water partition coefficient (Wildman–Crippen LogP) is 2.72. The molecule has 5 heteroatoms. The number of hydrogen-bond acceptors (Lipinski definition) is 3. The second-order valence-corrected chi connectivity index (χ2v) is 5.06. The van der Waals surface area contributed by atoms with Crippen molar-refractivity contribution in [2.24, 2.45) is 0 Å². The summed E-state index contributed by atoms with van der Waals surface area (Å²) in [5, 5.41) is 7.31. The summed E-state index contributed by atoms with van der Waals surface area (Å²) in [5.74, 6) is 0.651. The average Bonchev–Trinajstić information content (AvgIpc) is 2.89. The number of benzene rings is 1. The number of aryl methyl sites for hydroxylation is 1. The summed E-state index contributed by atoms with van der Waals surface area (Å²) >= 11 is 0. The molecule has 1 amide bonds. The summed E-state index contributed by atoms with van der Waals surface area (Å²) in [5.41, 5.74) is 2.24. The summed E-state index contributed by atoms with van der Waals surface area (Å²) in [4.78, 5) is 12.1. The summed E-state index contributed by atoms with van der Waals surface area (Å²) < 4.78 is 6.90. The van der Waals surface area contributed by atoms with E-state index in [0.29, 0.717) is 5.69 Å². The first kappa shape index (κ1) is 15.1. The molecule has 0 aliphatic rings. The van der Waals surface area contributed by atoms with Gasteiger partial charge in [-0.1, -0.05) is 6.92 Å². The number of ether oxygens (including phenoxy) is 1. The van der Waals surface area contributed by atoms with E-state index in [1.165, 1.54) is 0 Å². The molecule has 1 aromatic carbocycles. The van der Waals surface area contributed by atoms with Gasteiger partial charge >= 0.3 is 0 Å². The minimum atomic E-state index is -0.139. The quantitative estimate of drug-likeness (QED) is 0.920. The van der Waals surface area contributed by atoms with Crippen molar-refractivity contribution >= 4 is 5.91 Å². The smallest absolute Gasteiger partial charge is 0.272 e. The number of nitrogens with zero attached hydrogens (tertiary/aromatic N) is 2. The highest BCUT2D eigenvalue weighted by molar-refractivity contribution is 5.92. The largest absolute Gasteiger partial charge is 0.497 e. The highest BCUT2D eigenvalue weighted by Crippen LogP contribution is 2.16. The van der Waals surface area contributed by atoms with Gasteiger partial charge in [0.2, 0.25) is 0 Å². The molecule has 0 saturated carbocycles. The Morgan fingerprint density at radius 2 is 2.05 bits per heavy atom. The number of aromatic nitrogens is 2. The number of methoxy groups -OCH3 is 1. The van der Waals surface area contributed by atoms with Gasteiger partial charge in [-0.3, -0.25) is 4.79 Å². The standard InChI is InChI=1S/C16H21N3O2/c1-5-11(2)17-16(20)15-10-12(3)19(18-15)13-6-8-14(21-4)9-7-13/h6-11H,5H2,1-4H3,(H,17,20). The van der Waals surface area contributed by atoms with E-state index in [1.807, 2.05) is 45.0 Å². The Hall–Kier alpha value is -2.30. The maximum absolute atomic E-state index is 12.1. The lowest BCUT2D eigenvalue weighted by molar-refractivity contribution is 0.0934. The van der Waals surface area contributed by atoms with Gasteiger partial charge < -0.3 is 10.1 Å². The maximum Gasteiger partial charge on any atom is 0.272 e. The Morgan fingerprint density at radius 1 is 1.38 bits per heavy atom. The van der Waals surface area contributed by atoms with Crippen LogP contribution in [-0.2, 0) is 0 Å². The average molecular weight is 287 g/mol. The zero-order valence-electron chi connectivity index (χ0n) is 12.9. The molecule has 2 rings (SSSR count). The van der Waals surface area contributed by atoms with E-state index >= 15 is 0 Å². The number of hydrogen-bond donors (Lipinski definition) is 1. The van der Waals surface area contributed by atoms with Gasteiger partial charge in [0.15, 0.2) is 5.69 Å². The number of rotatable bonds is 5. The topological polar surface area (TPSA) is 56.2 Å². The highest BCUT2D eigenvalue weighted by atomic mass is 16.5. The van der Waals surface area contributed by atoms with Crippen LogP contribution >= 0.6 is 0 Å². The molecule has 21 heavy (non-hydrogen) atoms. The van der Waals surface area contributed by atoms with Crippen LogP contribution in [0, 0.1) is 6.92 Å². The molecular formula is C16H21N3O2. The Kier molecular flexibility index (Phi) is 4.62. The van der Waals surface area contributed by atoms with Gasteiger partial charge in [-0.05, 0) is 50.6 Å². The van der Waals surface area contributed by atoms with E-state index < -0.39 is 0 Å². The number of nitrogens with one attached hydrogen (secondary N) is 1. The Bertz CT molecular complexity index is 617. The molecule has 0 aliphatic heterocycles. The van der Waals surface area contributed by atoms with Crippen LogP contribution in [0.1, 0.15) is 36.5 Å². The first-order valence-corrected chi connectivity index (χ1v) is 7.07. The van der Waals surface area contributed by atoms with Crippen LogP contribution < -0.4 is 10.1 Å². The lowest BCUT2D eigenvalue weighted by Crippen LogP contribution is -2.32. The van der Waals surface area contributed by atoms with E-state index in [4.69, 9.17) is 4.74 Å². The minimum absolute atomic E-state index is 0.139. The van der Waals surface area contributed by atoms with Crippen molar-refractivity contribution in [3.8, 4) is 11.4 Å². The third-order valence-electron chi connectivity index (χ3n) is 3.43.